The Bertz CT molecular complexity index is 433. The average Bonchev–Trinajstić information content (AvgIpc) is 2.39. The van der Waals surface area contributed by atoms with Crippen LogP contribution in [0, 0.1) is 0 Å². The molecule has 0 amide bonds. The maximum atomic E-state index is 10.5. The van der Waals surface area contributed by atoms with Gasteiger partial charge in [-0.2, -0.15) is 0 Å². The summed E-state index contributed by atoms with van der Waals surface area (Å²) in [6.07, 6.45) is 1.33. The molecule has 0 atom stereocenters. The number of rotatable bonds is 4. The molecule has 0 saturated carbocycles. The van der Waals surface area contributed by atoms with Crippen molar-refractivity contribution in [1.82, 2.24) is 0 Å². The Morgan fingerprint density at radius 3 is 2.74 bits per heavy atom. The van der Waals surface area contributed by atoms with Gasteiger partial charge in [0.05, 0.1) is 5.60 Å². The third-order valence-corrected chi connectivity index (χ3v) is 3.87. The van der Waals surface area contributed by atoms with Gasteiger partial charge >= 0.3 is 0 Å². The molecule has 5 heteroatoms. The maximum absolute atomic E-state index is 10.5. The molecule has 0 unspecified atom stereocenters. The van der Waals surface area contributed by atoms with Gasteiger partial charge < -0.3 is 20.5 Å². The van der Waals surface area contributed by atoms with Crippen molar-refractivity contribution in [1.29, 1.82) is 0 Å². The molecule has 0 spiro atoms. The fourth-order valence-corrected chi connectivity index (χ4v) is 2.67. The van der Waals surface area contributed by atoms with Crippen LogP contribution in [0.3, 0.4) is 0 Å². The second kappa shape index (κ2) is 6.09. The zero-order valence-corrected chi connectivity index (χ0v) is 12.0. The molecule has 1 aromatic carbocycles. The highest BCUT2D eigenvalue weighted by molar-refractivity contribution is 6.30. The van der Waals surface area contributed by atoms with Crippen LogP contribution in [-0.2, 0) is 11.3 Å². The molecular formula is C14H21ClN2O2. The van der Waals surface area contributed by atoms with E-state index >= 15 is 0 Å². The van der Waals surface area contributed by atoms with Gasteiger partial charge in [0.15, 0.2) is 0 Å². The lowest BCUT2D eigenvalue weighted by Gasteiger charge is -2.36. The van der Waals surface area contributed by atoms with Crippen molar-refractivity contribution in [3.63, 3.8) is 0 Å². The molecule has 1 aliphatic rings. The number of benzene rings is 1. The first-order chi connectivity index (χ1) is 9.04. The minimum absolute atomic E-state index is 0.457. The summed E-state index contributed by atoms with van der Waals surface area (Å²) in [5, 5.41) is 11.2. The second-order valence-corrected chi connectivity index (χ2v) is 5.61. The number of anilines is 1. The quantitative estimate of drug-likeness (QED) is 0.885. The number of hydrogen-bond donors (Lipinski definition) is 2. The first kappa shape index (κ1) is 14.6. The standard InChI is InChI=1S/C14H21ClN2O2/c1-17(10-14(18)4-6-19-7-5-14)13-8-12(15)3-2-11(13)9-16/h2-3,8,18H,4-7,9-10,16H2,1H3. The number of halogens is 1. The Morgan fingerprint density at radius 1 is 1.42 bits per heavy atom. The molecule has 3 N–H and O–H groups in total. The van der Waals surface area contributed by atoms with Crippen molar-refractivity contribution in [3.05, 3.63) is 28.8 Å². The van der Waals surface area contributed by atoms with Crippen LogP contribution in [0.1, 0.15) is 18.4 Å². The van der Waals surface area contributed by atoms with Gasteiger partial charge in [-0.1, -0.05) is 17.7 Å². The predicted molar refractivity (Wildman–Crippen MR) is 77.6 cm³/mol. The van der Waals surface area contributed by atoms with E-state index in [1.807, 2.05) is 30.1 Å². The molecule has 0 bridgehead atoms. The largest absolute Gasteiger partial charge is 0.388 e. The van der Waals surface area contributed by atoms with Crippen LogP contribution in [0.25, 0.3) is 0 Å². The molecule has 0 aromatic heterocycles. The highest BCUT2D eigenvalue weighted by Crippen LogP contribution is 2.28. The summed E-state index contributed by atoms with van der Waals surface area (Å²) < 4.78 is 5.30. The molecule has 1 heterocycles. The van der Waals surface area contributed by atoms with E-state index in [2.05, 4.69) is 0 Å². The van der Waals surface area contributed by atoms with Crippen LogP contribution in [-0.4, -0.2) is 37.5 Å². The summed E-state index contributed by atoms with van der Waals surface area (Å²) in [5.41, 5.74) is 7.07. The van der Waals surface area contributed by atoms with Gasteiger partial charge in [0.25, 0.3) is 0 Å². The maximum Gasteiger partial charge on any atom is 0.0865 e. The lowest BCUT2D eigenvalue weighted by atomic mass is 9.93. The normalized spacial score (nSPS) is 18.3. The third-order valence-electron chi connectivity index (χ3n) is 3.63. The number of nitrogens with two attached hydrogens (primary N) is 1. The van der Waals surface area contributed by atoms with Crippen LogP contribution in [0.5, 0.6) is 0 Å². The smallest absolute Gasteiger partial charge is 0.0865 e. The summed E-state index contributed by atoms with van der Waals surface area (Å²) in [4.78, 5) is 2.03. The molecule has 1 saturated heterocycles. The van der Waals surface area contributed by atoms with Crippen molar-refractivity contribution in [3.8, 4) is 0 Å². The van der Waals surface area contributed by atoms with Crippen molar-refractivity contribution in [2.45, 2.75) is 25.0 Å². The fourth-order valence-electron chi connectivity index (χ4n) is 2.50. The number of nitrogens with zero attached hydrogens (tertiary/aromatic N) is 1. The molecule has 0 radical (unpaired) electrons. The van der Waals surface area contributed by atoms with Crippen molar-refractivity contribution in [2.24, 2.45) is 5.73 Å². The molecule has 4 nitrogen and oxygen atoms in total. The molecule has 1 aliphatic heterocycles. The summed E-state index contributed by atoms with van der Waals surface area (Å²) in [6.45, 7) is 2.25. The van der Waals surface area contributed by atoms with Crippen LogP contribution < -0.4 is 10.6 Å². The van der Waals surface area contributed by atoms with E-state index in [0.717, 1.165) is 11.3 Å². The highest BCUT2D eigenvalue weighted by Gasteiger charge is 2.31. The van der Waals surface area contributed by atoms with Gasteiger partial charge in [-0.15, -0.1) is 0 Å². The summed E-state index contributed by atoms with van der Waals surface area (Å²) in [7, 11) is 1.96. The lowest BCUT2D eigenvalue weighted by Crippen LogP contribution is -2.46. The Morgan fingerprint density at radius 2 is 2.11 bits per heavy atom. The van der Waals surface area contributed by atoms with Crippen LogP contribution in [0.4, 0.5) is 5.69 Å². The Kier molecular flexibility index (Phi) is 4.68. The molecule has 19 heavy (non-hydrogen) atoms. The molecule has 106 valence electrons. The summed E-state index contributed by atoms with van der Waals surface area (Å²) in [5.74, 6) is 0. The minimum Gasteiger partial charge on any atom is -0.388 e. The van der Waals surface area contributed by atoms with Crippen molar-refractivity contribution < 1.29 is 9.84 Å². The second-order valence-electron chi connectivity index (χ2n) is 5.17. The number of aliphatic hydroxyl groups is 1. The molecule has 0 aliphatic carbocycles. The van der Waals surface area contributed by atoms with Crippen molar-refractivity contribution >= 4 is 17.3 Å². The third kappa shape index (κ3) is 3.60. The monoisotopic (exact) mass is 284 g/mol. The number of ether oxygens (including phenoxy) is 1. The average molecular weight is 285 g/mol. The first-order valence-corrected chi connectivity index (χ1v) is 6.92. The summed E-state index contributed by atoms with van der Waals surface area (Å²) >= 11 is 6.05. The van der Waals surface area contributed by atoms with E-state index in [1.165, 1.54) is 0 Å². The molecule has 1 aromatic rings. The SMILES string of the molecule is CN(CC1(O)CCOCC1)c1cc(Cl)ccc1CN. The van der Waals surface area contributed by atoms with E-state index in [9.17, 15) is 5.11 Å². The highest BCUT2D eigenvalue weighted by atomic mass is 35.5. The zero-order chi connectivity index (χ0) is 13.9. The van der Waals surface area contributed by atoms with Gasteiger partial charge in [-0.25, -0.2) is 0 Å². The van der Waals surface area contributed by atoms with E-state index in [1.54, 1.807) is 0 Å². The fraction of sp³-hybridized carbons (Fsp3) is 0.571. The van der Waals surface area contributed by atoms with Gasteiger partial charge in [0, 0.05) is 56.9 Å². The van der Waals surface area contributed by atoms with Crippen molar-refractivity contribution in [2.75, 3.05) is 31.7 Å². The van der Waals surface area contributed by atoms with E-state index in [-0.39, 0.29) is 0 Å². The van der Waals surface area contributed by atoms with Crippen LogP contribution in [0.2, 0.25) is 5.02 Å². The molecule has 2 rings (SSSR count). The van der Waals surface area contributed by atoms with Gasteiger partial charge in [-0.3, -0.25) is 0 Å². The van der Waals surface area contributed by atoms with Gasteiger partial charge in [0.2, 0.25) is 0 Å². The zero-order valence-electron chi connectivity index (χ0n) is 11.2. The van der Waals surface area contributed by atoms with E-state index in [4.69, 9.17) is 22.1 Å². The topological polar surface area (TPSA) is 58.7 Å². The Hall–Kier alpha value is -0.810. The predicted octanol–water partition coefficient (Wildman–Crippen LogP) is 1.78. The minimum atomic E-state index is -0.693. The van der Waals surface area contributed by atoms with Gasteiger partial charge in [0.1, 0.15) is 0 Å². The molecule has 1 fully saturated rings. The Labute approximate surface area is 119 Å². The van der Waals surface area contributed by atoms with Crippen LogP contribution in [0.15, 0.2) is 18.2 Å². The lowest BCUT2D eigenvalue weighted by molar-refractivity contribution is -0.0572. The number of hydrogen-bond acceptors (Lipinski definition) is 4. The molecular weight excluding hydrogens is 264 g/mol. The Balaban J connectivity index is 2.14. The summed E-state index contributed by atoms with van der Waals surface area (Å²) in [6, 6.07) is 5.67. The number of likely N-dealkylation sites (N-methyl/N-ethyl adjacent to an activating group) is 1. The van der Waals surface area contributed by atoms with E-state index in [0.29, 0.717) is 44.2 Å². The van der Waals surface area contributed by atoms with Crippen LogP contribution >= 0.6 is 11.6 Å². The van der Waals surface area contributed by atoms with E-state index < -0.39 is 5.60 Å². The van der Waals surface area contributed by atoms with Gasteiger partial charge in [-0.05, 0) is 17.7 Å². The first-order valence-electron chi connectivity index (χ1n) is 6.54.